The third-order valence-corrected chi connectivity index (χ3v) is 2.80. The van der Waals surface area contributed by atoms with Gasteiger partial charge in [-0.05, 0) is 43.4 Å². The fraction of sp³-hybridized carbons (Fsp3) is 0.538. The van der Waals surface area contributed by atoms with Gasteiger partial charge in [-0.3, -0.25) is 0 Å². The average Bonchev–Trinajstić information content (AvgIpc) is 3.11. The Morgan fingerprint density at radius 1 is 1.35 bits per heavy atom. The first-order valence-electron chi connectivity index (χ1n) is 5.99. The Morgan fingerprint density at radius 3 is 2.88 bits per heavy atom. The summed E-state index contributed by atoms with van der Waals surface area (Å²) in [5.41, 5.74) is 6.27. The van der Waals surface area contributed by atoms with Gasteiger partial charge in [-0.2, -0.15) is 0 Å². The van der Waals surface area contributed by atoms with Crippen LogP contribution in [0.25, 0.3) is 0 Å². The Bertz CT molecular complexity index is 366. The van der Waals surface area contributed by atoms with Gasteiger partial charge < -0.3 is 15.2 Å². The number of para-hydroxylation sites is 1. The summed E-state index contributed by atoms with van der Waals surface area (Å²) >= 11 is 0. The third kappa shape index (κ3) is 3.68. The SMILES string of the molecule is NCCc1cccc(F)c1OCOCC1CC1. The fourth-order valence-electron chi connectivity index (χ4n) is 1.67. The zero-order valence-corrected chi connectivity index (χ0v) is 9.82. The van der Waals surface area contributed by atoms with Gasteiger partial charge in [0.1, 0.15) is 0 Å². The maximum Gasteiger partial charge on any atom is 0.189 e. The average molecular weight is 239 g/mol. The molecule has 2 rings (SSSR count). The van der Waals surface area contributed by atoms with Crippen LogP contribution in [0.5, 0.6) is 5.75 Å². The molecule has 0 aliphatic heterocycles. The second-order valence-electron chi connectivity index (χ2n) is 4.34. The number of halogens is 1. The molecule has 17 heavy (non-hydrogen) atoms. The van der Waals surface area contributed by atoms with Crippen molar-refractivity contribution in [1.82, 2.24) is 0 Å². The van der Waals surface area contributed by atoms with Gasteiger partial charge in [-0.25, -0.2) is 4.39 Å². The van der Waals surface area contributed by atoms with Gasteiger partial charge in [-0.1, -0.05) is 12.1 Å². The molecule has 1 aliphatic rings. The smallest absolute Gasteiger partial charge is 0.189 e. The van der Waals surface area contributed by atoms with Crippen LogP contribution in [0, 0.1) is 11.7 Å². The van der Waals surface area contributed by atoms with Crippen molar-refractivity contribution in [3.63, 3.8) is 0 Å². The van der Waals surface area contributed by atoms with Crippen LogP contribution in [-0.2, 0) is 11.2 Å². The predicted molar refractivity (Wildman–Crippen MR) is 63.3 cm³/mol. The number of nitrogens with two attached hydrogens (primary N) is 1. The lowest BCUT2D eigenvalue weighted by molar-refractivity contribution is 0.00739. The predicted octanol–water partition coefficient (Wildman–Crippen LogP) is 2.09. The Kier molecular flexibility index (Phi) is 4.34. The Labute approximate surface area is 101 Å². The van der Waals surface area contributed by atoms with Crippen molar-refractivity contribution in [1.29, 1.82) is 0 Å². The molecular formula is C13H18FNO2. The number of hydrogen-bond acceptors (Lipinski definition) is 3. The van der Waals surface area contributed by atoms with Gasteiger partial charge in [-0.15, -0.1) is 0 Å². The molecule has 0 atom stereocenters. The summed E-state index contributed by atoms with van der Waals surface area (Å²) in [6, 6.07) is 4.88. The minimum Gasteiger partial charge on any atom is -0.464 e. The summed E-state index contributed by atoms with van der Waals surface area (Å²) < 4.78 is 24.2. The second-order valence-corrected chi connectivity index (χ2v) is 4.34. The molecular weight excluding hydrogens is 221 g/mol. The van der Waals surface area contributed by atoms with Crippen LogP contribution in [0.1, 0.15) is 18.4 Å². The van der Waals surface area contributed by atoms with Gasteiger partial charge in [0.15, 0.2) is 18.4 Å². The highest BCUT2D eigenvalue weighted by Gasteiger charge is 2.21. The van der Waals surface area contributed by atoms with E-state index >= 15 is 0 Å². The van der Waals surface area contributed by atoms with E-state index in [0.29, 0.717) is 25.5 Å². The van der Waals surface area contributed by atoms with E-state index in [0.717, 1.165) is 5.56 Å². The van der Waals surface area contributed by atoms with Crippen LogP contribution in [0.4, 0.5) is 4.39 Å². The highest BCUT2D eigenvalue weighted by atomic mass is 19.1. The standard InChI is InChI=1S/C13H18FNO2/c14-12-3-1-2-11(6-7-15)13(12)17-9-16-8-10-4-5-10/h1-3,10H,4-9,15H2. The summed E-state index contributed by atoms with van der Waals surface area (Å²) in [4.78, 5) is 0. The second kappa shape index (κ2) is 5.98. The van der Waals surface area contributed by atoms with E-state index in [1.165, 1.54) is 18.9 Å². The van der Waals surface area contributed by atoms with Crippen LogP contribution < -0.4 is 10.5 Å². The highest BCUT2D eigenvalue weighted by molar-refractivity contribution is 5.35. The molecule has 1 aromatic carbocycles. The van der Waals surface area contributed by atoms with Crippen LogP contribution in [0.2, 0.25) is 0 Å². The molecule has 1 aromatic rings. The molecule has 3 nitrogen and oxygen atoms in total. The summed E-state index contributed by atoms with van der Waals surface area (Å²) in [6.07, 6.45) is 3.08. The normalized spacial score (nSPS) is 14.9. The molecule has 1 fully saturated rings. The largest absolute Gasteiger partial charge is 0.464 e. The zero-order chi connectivity index (χ0) is 12.1. The van der Waals surface area contributed by atoms with E-state index in [1.54, 1.807) is 6.07 Å². The molecule has 0 bridgehead atoms. The van der Waals surface area contributed by atoms with Crippen molar-refractivity contribution >= 4 is 0 Å². The van der Waals surface area contributed by atoms with Gasteiger partial charge in [0.2, 0.25) is 0 Å². The number of hydrogen-bond donors (Lipinski definition) is 1. The first-order chi connectivity index (χ1) is 8.31. The lowest BCUT2D eigenvalue weighted by Gasteiger charge is -2.12. The molecule has 4 heteroatoms. The molecule has 0 radical (unpaired) electrons. The van der Waals surface area contributed by atoms with Crippen molar-refractivity contribution in [2.24, 2.45) is 11.7 Å². The molecule has 2 N–H and O–H groups in total. The maximum absolute atomic E-state index is 13.6. The highest BCUT2D eigenvalue weighted by Crippen LogP contribution is 2.29. The van der Waals surface area contributed by atoms with E-state index < -0.39 is 0 Å². The van der Waals surface area contributed by atoms with Crippen LogP contribution >= 0.6 is 0 Å². The van der Waals surface area contributed by atoms with Crippen molar-refractivity contribution in [3.8, 4) is 5.75 Å². The van der Waals surface area contributed by atoms with Crippen molar-refractivity contribution in [2.45, 2.75) is 19.3 Å². The van der Waals surface area contributed by atoms with Gasteiger partial charge >= 0.3 is 0 Å². The topological polar surface area (TPSA) is 44.5 Å². The van der Waals surface area contributed by atoms with Crippen LogP contribution in [-0.4, -0.2) is 19.9 Å². The molecule has 0 spiro atoms. The summed E-state index contributed by atoms with van der Waals surface area (Å²) in [6.45, 7) is 1.29. The monoisotopic (exact) mass is 239 g/mol. The lowest BCUT2D eigenvalue weighted by atomic mass is 10.1. The van der Waals surface area contributed by atoms with Crippen LogP contribution in [0.15, 0.2) is 18.2 Å². The Morgan fingerprint density at radius 2 is 2.18 bits per heavy atom. The van der Waals surface area contributed by atoms with Crippen molar-refractivity contribution in [3.05, 3.63) is 29.6 Å². The molecule has 0 amide bonds. The molecule has 0 heterocycles. The van der Waals surface area contributed by atoms with E-state index in [2.05, 4.69) is 0 Å². The summed E-state index contributed by atoms with van der Waals surface area (Å²) in [5.74, 6) is 0.599. The minimum absolute atomic E-state index is 0.106. The van der Waals surface area contributed by atoms with Gasteiger partial charge in [0, 0.05) is 0 Å². The van der Waals surface area contributed by atoms with E-state index in [9.17, 15) is 4.39 Å². The van der Waals surface area contributed by atoms with Crippen molar-refractivity contribution < 1.29 is 13.9 Å². The number of rotatable bonds is 7. The Hall–Kier alpha value is -1.13. The Balaban J connectivity index is 1.87. The zero-order valence-electron chi connectivity index (χ0n) is 9.82. The first-order valence-corrected chi connectivity index (χ1v) is 5.99. The van der Waals surface area contributed by atoms with Gasteiger partial charge in [0.05, 0.1) is 6.61 Å². The quantitative estimate of drug-likeness (QED) is 0.585. The molecule has 1 aliphatic carbocycles. The molecule has 1 saturated carbocycles. The van der Waals surface area contributed by atoms with Crippen molar-refractivity contribution in [2.75, 3.05) is 19.9 Å². The summed E-state index contributed by atoms with van der Waals surface area (Å²) in [7, 11) is 0. The van der Waals surface area contributed by atoms with Crippen LogP contribution in [0.3, 0.4) is 0 Å². The fourth-order valence-corrected chi connectivity index (χ4v) is 1.67. The van der Waals surface area contributed by atoms with Gasteiger partial charge in [0.25, 0.3) is 0 Å². The molecule has 0 unspecified atom stereocenters. The molecule has 0 aromatic heterocycles. The first kappa shape index (κ1) is 12.3. The van der Waals surface area contributed by atoms with E-state index in [1.807, 2.05) is 6.07 Å². The lowest BCUT2D eigenvalue weighted by Crippen LogP contribution is -2.10. The van der Waals surface area contributed by atoms with E-state index in [4.69, 9.17) is 15.2 Å². The number of ether oxygens (including phenoxy) is 2. The summed E-state index contributed by atoms with van der Waals surface area (Å²) in [5, 5.41) is 0. The maximum atomic E-state index is 13.6. The van der Waals surface area contributed by atoms with E-state index in [-0.39, 0.29) is 18.4 Å². The third-order valence-electron chi connectivity index (χ3n) is 2.80. The molecule has 0 saturated heterocycles. The molecule has 94 valence electrons. The minimum atomic E-state index is -0.356. The number of benzene rings is 1.